The number of hydrogen-bond donors (Lipinski definition) is 4. The molecular formula is C20H33N3O3. The second-order valence-corrected chi connectivity index (χ2v) is 6.56. The molecule has 0 atom stereocenters. The molecule has 0 aliphatic carbocycles. The lowest BCUT2D eigenvalue weighted by atomic mass is 10.1. The average Bonchev–Trinajstić information content (AvgIpc) is 2.64. The smallest absolute Gasteiger partial charge is 0.333 e. The third-order valence-electron chi connectivity index (χ3n) is 4.23. The highest BCUT2D eigenvalue weighted by atomic mass is 16.3. The summed E-state index contributed by atoms with van der Waals surface area (Å²) in [6.07, 6.45) is 12.5. The minimum absolute atomic E-state index is 0.0868. The van der Waals surface area contributed by atoms with E-state index in [-0.39, 0.29) is 5.75 Å². The summed E-state index contributed by atoms with van der Waals surface area (Å²) in [6.45, 7) is 2.83. The van der Waals surface area contributed by atoms with Crippen molar-refractivity contribution in [3.8, 4) is 5.75 Å². The van der Waals surface area contributed by atoms with E-state index in [1.165, 1.54) is 75.6 Å². The highest BCUT2D eigenvalue weighted by Crippen LogP contribution is 2.10. The Balaban J connectivity index is 1.95. The number of phenolic OH excluding ortho intramolecular Hbond substituents is 1. The van der Waals surface area contributed by atoms with Crippen LogP contribution in [0.15, 0.2) is 24.3 Å². The Morgan fingerprint density at radius 3 is 1.92 bits per heavy atom. The van der Waals surface area contributed by atoms with E-state index in [9.17, 15) is 14.7 Å². The standard InChI is InChI=1S/C20H33N3O3/c1-2-3-4-5-6-7-8-9-10-11-16-21-20(26)23-22-19(25)17-12-14-18(24)15-13-17/h12-15,24H,2-11,16H2,1H3,(H,22,25)(H2,21,23,26). The van der Waals surface area contributed by atoms with E-state index in [2.05, 4.69) is 23.1 Å². The van der Waals surface area contributed by atoms with E-state index >= 15 is 0 Å². The minimum Gasteiger partial charge on any atom is -0.508 e. The molecule has 0 aliphatic rings. The number of aromatic hydroxyl groups is 1. The zero-order chi connectivity index (χ0) is 19.0. The molecule has 0 spiro atoms. The molecule has 0 heterocycles. The van der Waals surface area contributed by atoms with Crippen LogP contribution in [0.4, 0.5) is 4.79 Å². The summed E-state index contributed by atoms with van der Waals surface area (Å²) >= 11 is 0. The first-order valence-corrected chi connectivity index (χ1v) is 9.76. The third-order valence-corrected chi connectivity index (χ3v) is 4.23. The Morgan fingerprint density at radius 2 is 1.35 bits per heavy atom. The molecule has 26 heavy (non-hydrogen) atoms. The number of urea groups is 1. The first-order chi connectivity index (χ1) is 12.6. The maximum atomic E-state index is 11.8. The molecule has 6 heteroatoms. The monoisotopic (exact) mass is 363 g/mol. The van der Waals surface area contributed by atoms with Crippen molar-refractivity contribution in [2.75, 3.05) is 6.54 Å². The predicted octanol–water partition coefficient (Wildman–Crippen LogP) is 4.26. The number of phenols is 1. The lowest BCUT2D eigenvalue weighted by Gasteiger charge is -2.09. The van der Waals surface area contributed by atoms with Gasteiger partial charge in [-0.05, 0) is 30.7 Å². The fraction of sp³-hybridized carbons (Fsp3) is 0.600. The van der Waals surface area contributed by atoms with Crippen LogP contribution in [0.2, 0.25) is 0 Å². The van der Waals surface area contributed by atoms with Crippen molar-refractivity contribution in [3.63, 3.8) is 0 Å². The van der Waals surface area contributed by atoms with Gasteiger partial charge in [0, 0.05) is 12.1 Å². The van der Waals surface area contributed by atoms with Crippen molar-refractivity contribution in [1.82, 2.24) is 16.2 Å². The quantitative estimate of drug-likeness (QED) is 0.330. The molecule has 0 unspecified atom stereocenters. The lowest BCUT2D eigenvalue weighted by Crippen LogP contribution is -2.47. The fourth-order valence-corrected chi connectivity index (χ4v) is 2.66. The summed E-state index contributed by atoms with van der Waals surface area (Å²) in [7, 11) is 0. The first kappa shape index (κ1) is 21.8. The highest BCUT2D eigenvalue weighted by Gasteiger charge is 2.06. The van der Waals surface area contributed by atoms with Gasteiger partial charge in [-0.2, -0.15) is 0 Å². The van der Waals surface area contributed by atoms with Gasteiger partial charge in [0.15, 0.2) is 0 Å². The van der Waals surface area contributed by atoms with Crippen molar-refractivity contribution >= 4 is 11.9 Å². The van der Waals surface area contributed by atoms with Crippen LogP contribution in [0.3, 0.4) is 0 Å². The van der Waals surface area contributed by atoms with Gasteiger partial charge in [0.2, 0.25) is 0 Å². The van der Waals surface area contributed by atoms with Crippen LogP contribution < -0.4 is 16.2 Å². The first-order valence-electron chi connectivity index (χ1n) is 9.76. The Kier molecular flexibility index (Phi) is 11.7. The van der Waals surface area contributed by atoms with Gasteiger partial charge < -0.3 is 10.4 Å². The van der Waals surface area contributed by atoms with E-state index in [1.807, 2.05) is 0 Å². The zero-order valence-corrected chi connectivity index (χ0v) is 15.9. The van der Waals surface area contributed by atoms with Crippen molar-refractivity contribution in [2.24, 2.45) is 0 Å². The molecule has 0 aromatic heterocycles. The molecule has 1 aromatic carbocycles. The number of carbonyl (C=O) groups excluding carboxylic acids is 2. The molecular weight excluding hydrogens is 330 g/mol. The Bertz CT molecular complexity index is 518. The topological polar surface area (TPSA) is 90.5 Å². The molecule has 0 saturated carbocycles. The highest BCUT2D eigenvalue weighted by molar-refractivity contribution is 5.95. The van der Waals surface area contributed by atoms with Crippen LogP contribution in [0.25, 0.3) is 0 Å². The molecule has 4 N–H and O–H groups in total. The fourth-order valence-electron chi connectivity index (χ4n) is 2.66. The van der Waals surface area contributed by atoms with Crippen molar-refractivity contribution in [2.45, 2.75) is 71.1 Å². The summed E-state index contributed by atoms with van der Waals surface area (Å²) in [5, 5.41) is 11.9. The molecule has 1 rings (SSSR count). The van der Waals surface area contributed by atoms with E-state index in [0.29, 0.717) is 12.1 Å². The number of hydrazine groups is 1. The van der Waals surface area contributed by atoms with Gasteiger partial charge in [0.1, 0.15) is 5.75 Å². The van der Waals surface area contributed by atoms with E-state index in [0.717, 1.165) is 12.8 Å². The van der Waals surface area contributed by atoms with E-state index < -0.39 is 11.9 Å². The van der Waals surface area contributed by atoms with Crippen molar-refractivity contribution in [1.29, 1.82) is 0 Å². The predicted molar refractivity (Wildman–Crippen MR) is 104 cm³/mol. The molecule has 1 aromatic rings. The zero-order valence-electron chi connectivity index (χ0n) is 15.9. The molecule has 0 radical (unpaired) electrons. The van der Waals surface area contributed by atoms with Gasteiger partial charge in [0.25, 0.3) is 5.91 Å². The van der Waals surface area contributed by atoms with Gasteiger partial charge in [0.05, 0.1) is 0 Å². The summed E-state index contributed by atoms with van der Waals surface area (Å²) in [4.78, 5) is 23.4. The largest absolute Gasteiger partial charge is 0.508 e. The van der Waals surface area contributed by atoms with Gasteiger partial charge in [-0.3, -0.25) is 10.2 Å². The summed E-state index contributed by atoms with van der Waals surface area (Å²) < 4.78 is 0. The van der Waals surface area contributed by atoms with Crippen molar-refractivity contribution in [3.05, 3.63) is 29.8 Å². The second-order valence-electron chi connectivity index (χ2n) is 6.56. The number of carbonyl (C=O) groups is 2. The van der Waals surface area contributed by atoms with Gasteiger partial charge in [-0.1, -0.05) is 64.7 Å². The Hall–Kier alpha value is -2.24. The Morgan fingerprint density at radius 1 is 0.808 bits per heavy atom. The molecule has 0 fully saturated rings. The van der Waals surface area contributed by atoms with Gasteiger partial charge in [-0.15, -0.1) is 0 Å². The number of amides is 3. The number of hydrogen-bond acceptors (Lipinski definition) is 3. The molecule has 0 bridgehead atoms. The lowest BCUT2D eigenvalue weighted by molar-refractivity contribution is 0.0936. The third kappa shape index (κ3) is 10.6. The maximum Gasteiger partial charge on any atom is 0.333 e. The van der Waals surface area contributed by atoms with Crippen LogP contribution in [-0.4, -0.2) is 23.6 Å². The number of benzene rings is 1. The Labute approximate surface area is 156 Å². The second kappa shape index (κ2) is 14.0. The molecule has 3 amide bonds. The van der Waals surface area contributed by atoms with E-state index in [4.69, 9.17) is 0 Å². The number of unbranched alkanes of at least 4 members (excludes halogenated alkanes) is 9. The molecule has 146 valence electrons. The van der Waals surface area contributed by atoms with Crippen LogP contribution in [-0.2, 0) is 0 Å². The molecule has 0 saturated heterocycles. The number of rotatable bonds is 12. The van der Waals surface area contributed by atoms with Crippen LogP contribution in [0.1, 0.15) is 81.5 Å². The van der Waals surface area contributed by atoms with Gasteiger partial charge >= 0.3 is 6.03 Å². The number of nitrogens with one attached hydrogen (secondary N) is 3. The summed E-state index contributed by atoms with van der Waals surface area (Å²) in [6, 6.07) is 5.37. The summed E-state index contributed by atoms with van der Waals surface area (Å²) in [5.41, 5.74) is 5.00. The van der Waals surface area contributed by atoms with Gasteiger partial charge in [-0.25, -0.2) is 10.2 Å². The van der Waals surface area contributed by atoms with E-state index in [1.54, 1.807) is 0 Å². The normalized spacial score (nSPS) is 10.3. The molecule has 0 aliphatic heterocycles. The van der Waals surface area contributed by atoms with Crippen molar-refractivity contribution < 1.29 is 14.7 Å². The molecule has 6 nitrogen and oxygen atoms in total. The van der Waals surface area contributed by atoms with Crippen LogP contribution >= 0.6 is 0 Å². The summed E-state index contributed by atoms with van der Waals surface area (Å²) in [5.74, 6) is -0.345. The maximum absolute atomic E-state index is 11.8. The SMILES string of the molecule is CCCCCCCCCCCCNC(=O)NNC(=O)c1ccc(O)cc1. The van der Waals surface area contributed by atoms with Crippen LogP contribution in [0.5, 0.6) is 5.75 Å². The van der Waals surface area contributed by atoms with Crippen LogP contribution in [0, 0.1) is 0 Å². The average molecular weight is 364 g/mol. The minimum atomic E-state index is -0.431.